The average molecular weight is 290 g/mol. The second-order valence-electron chi connectivity index (χ2n) is 5.03. The Morgan fingerprint density at radius 1 is 0.727 bits per heavy atom. The Kier molecular flexibility index (Phi) is 4.37. The van der Waals surface area contributed by atoms with Crippen molar-refractivity contribution in [2.24, 2.45) is 5.84 Å². The lowest BCUT2D eigenvalue weighted by Crippen LogP contribution is -2.29. The van der Waals surface area contributed by atoms with Crippen LogP contribution in [0.3, 0.4) is 0 Å². The minimum atomic E-state index is 0.621. The number of hydrogen-bond donors (Lipinski definition) is 1. The van der Waals surface area contributed by atoms with E-state index >= 15 is 0 Å². The number of nitrogens with two attached hydrogens (primary N) is 1. The molecule has 0 radical (unpaired) electrons. The molecule has 3 rings (SSSR count). The molecule has 2 N–H and O–H groups in total. The predicted molar refractivity (Wildman–Crippen MR) is 89.8 cm³/mol. The highest BCUT2D eigenvalue weighted by molar-refractivity contribution is 5.45. The van der Waals surface area contributed by atoms with Gasteiger partial charge in [-0.05, 0) is 42.0 Å². The lowest BCUT2D eigenvalue weighted by atomic mass is 10.2. The molecule has 0 bridgehead atoms. The van der Waals surface area contributed by atoms with Crippen LogP contribution in [0.1, 0.15) is 5.56 Å². The van der Waals surface area contributed by atoms with Crippen LogP contribution in [0.15, 0.2) is 84.9 Å². The third kappa shape index (κ3) is 3.65. The van der Waals surface area contributed by atoms with Gasteiger partial charge in [-0.2, -0.15) is 0 Å². The van der Waals surface area contributed by atoms with Crippen LogP contribution in [0, 0.1) is 0 Å². The van der Waals surface area contributed by atoms with Crippen LogP contribution in [-0.2, 0) is 6.54 Å². The number of nitrogens with zero attached hydrogens (tertiary/aromatic N) is 1. The topological polar surface area (TPSA) is 38.5 Å². The minimum Gasteiger partial charge on any atom is -0.457 e. The van der Waals surface area contributed by atoms with E-state index in [0.717, 1.165) is 22.7 Å². The lowest BCUT2D eigenvalue weighted by molar-refractivity contribution is 0.482. The van der Waals surface area contributed by atoms with E-state index in [4.69, 9.17) is 10.6 Å². The maximum absolute atomic E-state index is 6.12. The van der Waals surface area contributed by atoms with Gasteiger partial charge in [0.05, 0.1) is 12.2 Å². The molecule has 0 spiro atoms. The Labute approximate surface area is 130 Å². The molecule has 110 valence electrons. The highest BCUT2D eigenvalue weighted by Gasteiger charge is 2.04. The Hall–Kier alpha value is -2.78. The van der Waals surface area contributed by atoms with Crippen LogP contribution in [-0.4, -0.2) is 0 Å². The quantitative estimate of drug-likeness (QED) is 0.560. The molecule has 3 aromatic carbocycles. The molecule has 0 aliphatic heterocycles. The molecule has 0 heterocycles. The van der Waals surface area contributed by atoms with Gasteiger partial charge >= 0.3 is 0 Å². The Morgan fingerprint density at radius 2 is 1.36 bits per heavy atom. The number of ether oxygens (including phenoxy) is 1. The molecule has 3 nitrogen and oxygen atoms in total. The van der Waals surface area contributed by atoms with Gasteiger partial charge in [0, 0.05) is 0 Å². The van der Waals surface area contributed by atoms with E-state index in [-0.39, 0.29) is 0 Å². The Bertz CT molecular complexity index is 714. The number of anilines is 1. The smallest absolute Gasteiger partial charge is 0.127 e. The molecule has 22 heavy (non-hydrogen) atoms. The monoisotopic (exact) mass is 290 g/mol. The summed E-state index contributed by atoms with van der Waals surface area (Å²) in [4.78, 5) is 0. The van der Waals surface area contributed by atoms with Crippen molar-refractivity contribution in [3.63, 3.8) is 0 Å². The zero-order chi connectivity index (χ0) is 15.2. The minimum absolute atomic E-state index is 0.621. The Morgan fingerprint density at radius 3 is 2.09 bits per heavy atom. The van der Waals surface area contributed by atoms with Crippen molar-refractivity contribution in [2.45, 2.75) is 6.54 Å². The molecule has 0 aliphatic rings. The van der Waals surface area contributed by atoms with Gasteiger partial charge in [0.25, 0.3) is 0 Å². The van der Waals surface area contributed by atoms with E-state index in [0.29, 0.717) is 6.54 Å². The van der Waals surface area contributed by atoms with Gasteiger partial charge in [-0.3, -0.25) is 0 Å². The highest BCUT2D eigenvalue weighted by atomic mass is 16.5. The summed E-state index contributed by atoms with van der Waals surface area (Å²) in [7, 11) is 0. The average Bonchev–Trinajstić information content (AvgIpc) is 2.57. The fourth-order valence-corrected chi connectivity index (χ4v) is 2.24. The summed E-state index contributed by atoms with van der Waals surface area (Å²) >= 11 is 0. The van der Waals surface area contributed by atoms with E-state index in [2.05, 4.69) is 0 Å². The van der Waals surface area contributed by atoms with Gasteiger partial charge < -0.3 is 9.75 Å². The van der Waals surface area contributed by atoms with E-state index in [1.807, 2.05) is 84.9 Å². The van der Waals surface area contributed by atoms with Crippen LogP contribution in [0.5, 0.6) is 11.5 Å². The molecule has 0 atom stereocenters. The second-order valence-corrected chi connectivity index (χ2v) is 5.03. The highest BCUT2D eigenvalue weighted by Crippen LogP contribution is 2.22. The first kappa shape index (κ1) is 14.2. The summed E-state index contributed by atoms with van der Waals surface area (Å²) in [5.74, 6) is 7.76. The van der Waals surface area contributed by atoms with Crippen LogP contribution in [0.25, 0.3) is 0 Å². The SMILES string of the molecule is NN(Cc1cccc(Oc2ccccc2)c1)c1ccccc1. The number of hydrogen-bond acceptors (Lipinski definition) is 3. The van der Waals surface area contributed by atoms with Crippen molar-refractivity contribution in [3.05, 3.63) is 90.5 Å². The van der Waals surface area contributed by atoms with Crippen molar-refractivity contribution in [1.82, 2.24) is 0 Å². The van der Waals surface area contributed by atoms with E-state index in [1.54, 1.807) is 5.01 Å². The number of rotatable bonds is 5. The lowest BCUT2D eigenvalue weighted by Gasteiger charge is -2.19. The standard InChI is InChI=1S/C19H18N2O/c20-21(17-9-3-1-4-10-17)15-16-8-7-13-19(14-16)22-18-11-5-2-6-12-18/h1-14H,15,20H2. The summed E-state index contributed by atoms with van der Waals surface area (Å²) < 4.78 is 5.85. The first-order valence-electron chi connectivity index (χ1n) is 7.20. The zero-order valence-electron chi connectivity index (χ0n) is 12.2. The third-order valence-electron chi connectivity index (χ3n) is 3.32. The third-order valence-corrected chi connectivity index (χ3v) is 3.32. The number of para-hydroxylation sites is 2. The van der Waals surface area contributed by atoms with E-state index in [1.165, 1.54) is 0 Å². The summed E-state index contributed by atoms with van der Waals surface area (Å²) in [6, 6.07) is 27.6. The van der Waals surface area contributed by atoms with Crippen molar-refractivity contribution in [1.29, 1.82) is 0 Å². The normalized spacial score (nSPS) is 10.2. The summed E-state index contributed by atoms with van der Waals surface area (Å²) in [6.45, 7) is 0.621. The van der Waals surface area contributed by atoms with Crippen LogP contribution >= 0.6 is 0 Å². The maximum atomic E-state index is 6.12. The van der Waals surface area contributed by atoms with Gasteiger partial charge in [-0.15, -0.1) is 0 Å². The van der Waals surface area contributed by atoms with Gasteiger partial charge in [-0.1, -0.05) is 48.5 Å². The zero-order valence-corrected chi connectivity index (χ0v) is 12.2. The van der Waals surface area contributed by atoms with Gasteiger partial charge in [-0.25, -0.2) is 5.84 Å². The predicted octanol–water partition coefficient (Wildman–Crippen LogP) is 4.36. The summed E-state index contributed by atoms with van der Waals surface area (Å²) in [6.07, 6.45) is 0. The van der Waals surface area contributed by atoms with Crippen LogP contribution in [0.2, 0.25) is 0 Å². The fraction of sp³-hybridized carbons (Fsp3) is 0.0526. The molecular formula is C19H18N2O. The molecule has 3 aromatic rings. The van der Waals surface area contributed by atoms with Crippen molar-refractivity contribution < 1.29 is 4.74 Å². The largest absolute Gasteiger partial charge is 0.457 e. The summed E-state index contributed by atoms with van der Waals surface area (Å²) in [5.41, 5.74) is 2.08. The first-order valence-corrected chi connectivity index (χ1v) is 7.20. The van der Waals surface area contributed by atoms with Crippen LogP contribution < -0.4 is 15.6 Å². The van der Waals surface area contributed by atoms with E-state index < -0.39 is 0 Å². The molecule has 0 amide bonds. The van der Waals surface area contributed by atoms with E-state index in [9.17, 15) is 0 Å². The molecule has 0 aromatic heterocycles. The molecule has 3 heteroatoms. The first-order chi connectivity index (χ1) is 10.8. The molecule has 0 saturated carbocycles. The van der Waals surface area contributed by atoms with Crippen molar-refractivity contribution >= 4 is 5.69 Å². The van der Waals surface area contributed by atoms with Crippen molar-refractivity contribution in [3.8, 4) is 11.5 Å². The fourth-order valence-electron chi connectivity index (χ4n) is 2.24. The van der Waals surface area contributed by atoms with Crippen LogP contribution in [0.4, 0.5) is 5.69 Å². The second kappa shape index (κ2) is 6.78. The maximum Gasteiger partial charge on any atom is 0.127 e. The van der Waals surface area contributed by atoms with Crippen molar-refractivity contribution in [2.75, 3.05) is 5.01 Å². The molecule has 0 fully saturated rings. The van der Waals surface area contributed by atoms with Gasteiger partial charge in [0.2, 0.25) is 0 Å². The molecule has 0 unspecified atom stereocenters. The molecular weight excluding hydrogens is 272 g/mol. The Balaban J connectivity index is 1.71. The number of benzene rings is 3. The summed E-state index contributed by atoms with van der Waals surface area (Å²) in [5, 5.41) is 1.72. The van der Waals surface area contributed by atoms with Gasteiger partial charge in [0.1, 0.15) is 11.5 Å². The number of hydrazine groups is 1. The van der Waals surface area contributed by atoms with Gasteiger partial charge in [0.15, 0.2) is 0 Å². The molecule has 0 aliphatic carbocycles. The molecule has 0 saturated heterocycles.